The van der Waals surface area contributed by atoms with Gasteiger partial charge in [-0.25, -0.2) is 4.79 Å². The van der Waals surface area contributed by atoms with E-state index >= 15 is 0 Å². The van der Waals surface area contributed by atoms with Crippen LogP contribution >= 0.6 is 11.8 Å². The number of carbonyl (C=O) groups is 2. The van der Waals surface area contributed by atoms with Gasteiger partial charge in [0.15, 0.2) is 16.8 Å². The molecular formula is C22H24N4O3S. The summed E-state index contributed by atoms with van der Waals surface area (Å²) in [5, 5.41) is 8.82. The molecule has 3 aromatic rings. The lowest BCUT2D eigenvalue weighted by molar-refractivity contribution is 0.0599. The number of Topliss-reactive ketones (excluding diaryl/α,β-unsaturated/α-hetero) is 1. The number of esters is 1. The van der Waals surface area contributed by atoms with Crippen LogP contribution in [0.1, 0.15) is 39.0 Å². The first-order valence-electron chi connectivity index (χ1n) is 9.46. The van der Waals surface area contributed by atoms with Crippen LogP contribution in [0.4, 0.5) is 0 Å². The molecule has 0 saturated carbocycles. The summed E-state index contributed by atoms with van der Waals surface area (Å²) in [6.45, 7) is 9.65. The summed E-state index contributed by atoms with van der Waals surface area (Å²) in [5.74, 6) is 0.140. The Balaban J connectivity index is 1.89. The molecule has 0 aliphatic heterocycles. The molecule has 156 valence electrons. The van der Waals surface area contributed by atoms with Gasteiger partial charge in [0, 0.05) is 17.8 Å². The Hall–Kier alpha value is -3.13. The fourth-order valence-corrected chi connectivity index (χ4v) is 4.21. The number of aromatic amines is 1. The quantitative estimate of drug-likeness (QED) is 0.252. The highest BCUT2D eigenvalue weighted by Crippen LogP contribution is 2.30. The van der Waals surface area contributed by atoms with Crippen LogP contribution < -0.4 is 0 Å². The second-order valence-electron chi connectivity index (χ2n) is 6.81. The molecule has 0 bridgehead atoms. The topological polar surface area (TPSA) is 89.9 Å². The van der Waals surface area contributed by atoms with Gasteiger partial charge in [0.1, 0.15) is 0 Å². The van der Waals surface area contributed by atoms with Crippen molar-refractivity contribution >= 4 is 23.5 Å². The number of thioether (sulfide) groups is 1. The summed E-state index contributed by atoms with van der Waals surface area (Å²) in [5.41, 5.74) is 2.96. The Morgan fingerprint density at radius 1 is 1.27 bits per heavy atom. The molecule has 30 heavy (non-hydrogen) atoms. The van der Waals surface area contributed by atoms with Gasteiger partial charge in [-0.3, -0.25) is 9.36 Å². The molecule has 0 saturated heterocycles. The van der Waals surface area contributed by atoms with E-state index in [9.17, 15) is 9.59 Å². The van der Waals surface area contributed by atoms with Crippen molar-refractivity contribution in [1.29, 1.82) is 0 Å². The second-order valence-corrected chi connectivity index (χ2v) is 8.12. The lowest BCUT2D eigenvalue weighted by Crippen LogP contribution is -2.16. The van der Waals surface area contributed by atoms with E-state index in [2.05, 4.69) is 21.8 Å². The van der Waals surface area contributed by atoms with Crippen molar-refractivity contribution in [2.24, 2.45) is 0 Å². The number of hydrogen-bond donors (Lipinski definition) is 1. The van der Waals surface area contributed by atoms with Gasteiger partial charge in [-0.2, -0.15) is 0 Å². The van der Waals surface area contributed by atoms with Gasteiger partial charge < -0.3 is 9.72 Å². The second kappa shape index (κ2) is 9.13. The smallest absolute Gasteiger partial charge is 0.339 e. The first kappa shape index (κ1) is 21.6. The molecular weight excluding hydrogens is 400 g/mol. The lowest BCUT2D eigenvalue weighted by Gasteiger charge is -2.12. The number of nitrogens with zero attached hydrogens (tertiary/aromatic N) is 3. The average Bonchev–Trinajstić information content (AvgIpc) is 3.28. The molecule has 0 aliphatic carbocycles. The number of rotatable bonds is 8. The minimum Gasteiger partial charge on any atom is -0.465 e. The number of carbonyl (C=O) groups excluding carboxylic acids is 2. The Morgan fingerprint density at radius 3 is 2.60 bits per heavy atom. The maximum atomic E-state index is 13.1. The number of hydrogen-bond acceptors (Lipinski definition) is 6. The molecule has 0 amide bonds. The van der Waals surface area contributed by atoms with Gasteiger partial charge >= 0.3 is 5.97 Å². The van der Waals surface area contributed by atoms with E-state index < -0.39 is 11.2 Å². The number of ether oxygens (including phenoxy) is 1. The minimum atomic E-state index is -0.459. The molecule has 0 fully saturated rings. The van der Waals surface area contributed by atoms with Crippen LogP contribution in [0.25, 0.3) is 11.4 Å². The normalized spacial score (nSPS) is 11.9. The Labute approximate surface area is 179 Å². The monoisotopic (exact) mass is 424 g/mol. The van der Waals surface area contributed by atoms with Crippen molar-refractivity contribution in [3.8, 4) is 11.4 Å². The van der Waals surface area contributed by atoms with E-state index in [0.29, 0.717) is 34.2 Å². The number of aryl methyl sites for hydroxylation is 1. The molecule has 8 heteroatoms. The van der Waals surface area contributed by atoms with Gasteiger partial charge in [-0.1, -0.05) is 48.2 Å². The van der Waals surface area contributed by atoms with Crippen molar-refractivity contribution in [2.45, 2.75) is 37.7 Å². The average molecular weight is 425 g/mol. The molecule has 1 aromatic carbocycles. The van der Waals surface area contributed by atoms with Crippen LogP contribution in [-0.2, 0) is 11.3 Å². The highest BCUT2D eigenvalue weighted by molar-refractivity contribution is 8.00. The fourth-order valence-electron chi connectivity index (χ4n) is 3.29. The standard InChI is InChI=1S/C22H24N4O3S/c1-6-12-26-20(16-10-8-7-9-11-16)24-25-22(26)30-15(4)19(27)18-13(2)17(14(3)23-18)21(28)29-5/h6-11,15,23H,1,12H2,2-5H3/t15-/m1/s1. The molecule has 0 spiro atoms. The number of benzene rings is 1. The van der Waals surface area contributed by atoms with E-state index in [1.807, 2.05) is 41.8 Å². The zero-order valence-corrected chi connectivity index (χ0v) is 18.2. The predicted molar refractivity (Wildman–Crippen MR) is 117 cm³/mol. The van der Waals surface area contributed by atoms with Crippen LogP contribution in [0, 0.1) is 13.8 Å². The lowest BCUT2D eigenvalue weighted by atomic mass is 10.1. The number of nitrogens with one attached hydrogen (secondary N) is 1. The van der Waals surface area contributed by atoms with Gasteiger partial charge in [0.05, 0.1) is 23.6 Å². The zero-order chi connectivity index (χ0) is 21.8. The summed E-state index contributed by atoms with van der Waals surface area (Å²) in [6, 6.07) is 9.75. The maximum absolute atomic E-state index is 13.1. The van der Waals surface area contributed by atoms with Gasteiger partial charge in [-0.15, -0.1) is 16.8 Å². The van der Waals surface area contributed by atoms with Crippen molar-refractivity contribution in [1.82, 2.24) is 19.7 Å². The summed E-state index contributed by atoms with van der Waals surface area (Å²) in [6.07, 6.45) is 1.77. The van der Waals surface area contributed by atoms with E-state index in [0.717, 1.165) is 11.4 Å². The third kappa shape index (κ3) is 4.09. The van der Waals surface area contributed by atoms with E-state index in [-0.39, 0.29) is 5.78 Å². The molecule has 1 atom stereocenters. The Kier molecular flexibility index (Phi) is 6.56. The maximum Gasteiger partial charge on any atom is 0.339 e. The van der Waals surface area contributed by atoms with E-state index in [1.54, 1.807) is 19.9 Å². The summed E-state index contributed by atoms with van der Waals surface area (Å²) in [4.78, 5) is 28.2. The van der Waals surface area contributed by atoms with E-state index in [1.165, 1.54) is 18.9 Å². The molecule has 0 aliphatic rings. The van der Waals surface area contributed by atoms with Crippen LogP contribution in [-0.4, -0.2) is 43.9 Å². The largest absolute Gasteiger partial charge is 0.465 e. The highest BCUT2D eigenvalue weighted by Gasteiger charge is 2.27. The van der Waals surface area contributed by atoms with Crippen molar-refractivity contribution < 1.29 is 14.3 Å². The van der Waals surface area contributed by atoms with Crippen LogP contribution in [0.15, 0.2) is 48.1 Å². The molecule has 1 N–H and O–H groups in total. The molecule has 2 heterocycles. The number of methoxy groups -OCH3 is 1. The molecule has 3 rings (SSSR count). The predicted octanol–water partition coefficient (Wildman–Crippen LogP) is 4.23. The molecule has 0 radical (unpaired) electrons. The first-order valence-corrected chi connectivity index (χ1v) is 10.3. The minimum absolute atomic E-state index is 0.120. The molecule has 2 aromatic heterocycles. The number of ketones is 1. The summed E-state index contributed by atoms with van der Waals surface area (Å²) >= 11 is 1.32. The molecule has 7 nitrogen and oxygen atoms in total. The van der Waals surface area contributed by atoms with Gasteiger partial charge in [0.25, 0.3) is 0 Å². The highest BCUT2D eigenvalue weighted by atomic mass is 32.2. The van der Waals surface area contributed by atoms with Gasteiger partial charge in [0.2, 0.25) is 0 Å². The third-order valence-electron chi connectivity index (χ3n) is 4.79. The van der Waals surface area contributed by atoms with Crippen LogP contribution in [0.5, 0.6) is 0 Å². The van der Waals surface area contributed by atoms with Gasteiger partial charge in [-0.05, 0) is 26.3 Å². The Morgan fingerprint density at radius 2 is 1.97 bits per heavy atom. The SMILES string of the molecule is C=CCn1c(S[C@H](C)C(=O)c2[nH]c(C)c(C(=O)OC)c2C)nnc1-c1ccccc1. The summed E-state index contributed by atoms with van der Waals surface area (Å²) < 4.78 is 6.76. The number of aromatic nitrogens is 4. The fraction of sp³-hybridized carbons (Fsp3) is 0.273. The Bertz CT molecular complexity index is 1090. The van der Waals surface area contributed by atoms with Crippen molar-refractivity contribution in [3.63, 3.8) is 0 Å². The van der Waals surface area contributed by atoms with Crippen LogP contribution in [0.2, 0.25) is 0 Å². The van der Waals surface area contributed by atoms with Crippen molar-refractivity contribution in [2.75, 3.05) is 7.11 Å². The third-order valence-corrected chi connectivity index (χ3v) is 5.87. The summed E-state index contributed by atoms with van der Waals surface area (Å²) in [7, 11) is 1.32. The van der Waals surface area contributed by atoms with E-state index in [4.69, 9.17) is 4.74 Å². The van der Waals surface area contributed by atoms with Crippen LogP contribution in [0.3, 0.4) is 0 Å². The number of H-pyrrole nitrogens is 1. The first-order chi connectivity index (χ1) is 14.4. The number of allylic oxidation sites excluding steroid dienone is 1. The molecule has 0 unspecified atom stereocenters. The van der Waals surface area contributed by atoms with Crippen molar-refractivity contribution in [3.05, 3.63) is 65.5 Å². The zero-order valence-electron chi connectivity index (χ0n) is 17.4.